The summed E-state index contributed by atoms with van der Waals surface area (Å²) in [7, 11) is 1.54. The van der Waals surface area contributed by atoms with Crippen molar-refractivity contribution in [2.45, 2.75) is 58.2 Å². The lowest BCUT2D eigenvalue weighted by atomic mass is 9.97. The Balaban J connectivity index is 2.67. The molecule has 8 nitrogen and oxygen atoms in total. The van der Waals surface area contributed by atoms with E-state index in [1.807, 2.05) is 38.1 Å². The van der Waals surface area contributed by atoms with E-state index in [-0.39, 0.29) is 11.8 Å². The number of hydrogen-bond acceptors (Lipinski definition) is 6. The summed E-state index contributed by atoms with van der Waals surface area (Å²) >= 11 is 0. The van der Waals surface area contributed by atoms with Gasteiger partial charge in [-0.1, -0.05) is 38.5 Å². The lowest BCUT2D eigenvalue weighted by molar-refractivity contribution is -0.140. The molecule has 0 aliphatic rings. The number of likely N-dealkylation sites (N-methyl/N-ethyl adjacent to an activating group) is 1. The number of hydrogen-bond donors (Lipinski definition) is 3. The van der Waals surface area contributed by atoms with Gasteiger partial charge in [-0.2, -0.15) is 0 Å². The van der Waals surface area contributed by atoms with E-state index in [4.69, 9.17) is 4.74 Å². The van der Waals surface area contributed by atoms with Crippen LogP contribution >= 0.6 is 0 Å². The van der Waals surface area contributed by atoms with Gasteiger partial charge in [-0.25, -0.2) is 0 Å². The van der Waals surface area contributed by atoms with Gasteiger partial charge in [-0.3, -0.25) is 9.59 Å². The Kier molecular flexibility index (Phi) is 12.5. The second kappa shape index (κ2) is 14.5. The third kappa shape index (κ3) is 8.67. The highest BCUT2D eigenvalue weighted by Gasteiger charge is 2.31. The number of aldehydes is 1. The molecular weight excluding hydrogens is 398 g/mol. The summed E-state index contributed by atoms with van der Waals surface area (Å²) in [5.74, 6) is 0.610. The smallest absolute Gasteiger partial charge is 0.240 e. The number of benzene rings is 1. The molecule has 0 radical (unpaired) electrons. The van der Waals surface area contributed by atoms with Gasteiger partial charge in [-0.15, -0.1) is 0 Å². The van der Waals surface area contributed by atoms with Gasteiger partial charge in [0.2, 0.25) is 12.3 Å². The van der Waals surface area contributed by atoms with Crippen molar-refractivity contribution >= 4 is 18.6 Å². The van der Waals surface area contributed by atoms with E-state index < -0.39 is 18.2 Å². The van der Waals surface area contributed by atoms with Crippen LogP contribution in [0.1, 0.15) is 39.2 Å². The van der Waals surface area contributed by atoms with Crippen LogP contribution in [0.3, 0.4) is 0 Å². The number of amides is 2. The van der Waals surface area contributed by atoms with E-state index in [0.717, 1.165) is 30.6 Å². The van der Waals surface area contributed by atoms with Crippen LogP contribution < -0.4 is 15.4 Å². The molecule has 0 saturated carbocycles. The number of ether oxygens (including phenoxy) is 1. The minimum atomic E-state index is -0.939. The van der Waals surface area contributed by atoms with Crippen LogP contribution in [-0.4, -0.2) is 73.5 Å². The number of carbonyl (C=O) groups excluding carboxylic acids is 3. The van der Waals surface area contributed by atoms with Crippen molar-refractivity contribution in [3.05, 3.63) is 29.8 Å². The zero-order chi connectivity index (χ0) is 23.2. The lowest BCUT2D eigenvalue weighted by Gasteiger charge is -2.32. The number of rotatable bonds is 16. The summed E-state index contributed by atoms with van der Waals surface area (Å²) in [4.78, 5) is 35.9. The van der Waals surface area contributed by atoms with Crippen LogP contribution in [0, 0.1) is 5.92 Å². The van der Waals surface area contributed by atoms with Crippen LogP contribution in [-0.2, 0) is 20.8 Å². The number of carbonyl (C=O) groups is 3. The molecule has 1 aromatic rings. The first-order valence-corrected chi connectivity index (χ1v) is 10.9. The van der Waals surface area contributed by atoms with Gasteiger partial charge in [0.25, 0.3) is 0 Å². The molecule has 0 aliphatic carbocycles. The maximum absolute atomic E-state index is 13.0. The average molecular weight is 436 g/mol. The highest BCUT2D eigenvalue weighted by Crippen LogP contribution is 2.19. The fourth-order valence-electron chi connectivity index (χ4n) is 3.33. The number of nitrogens with zero attached hydrogens (tertiary/aromatic N) is 1. The predicted octanol–water partition coefficient (Wildman–Crippen LogP) is 1.16. The first-order chi connectivity index (χ1) is 14.9. The Morgan fingerprint density at radius 3 is 2.55 bits per heavy atom. The predicted molar refractivity (Wildman–Crippen MR) is 120 cm³/mol. The van der Waals surface area contributed by atoms with Crippen LogP contribution in [0.4, 0.5) is 0 Å². The summed E-state index contributed by atoms with van der Waals surface area (Å²) in [6.07, 6.45) is 2.74. The monoisotopic (exact) mass is 435 g/mol. The van der Waals surface area contributed by atoms with Crippen molar-refractivity contribution in [2.24, 2.45) is 5.92 Å². The van der Waals surface area contributed by atoms with E-state index in [0.29, 0.717) is 32.4 Å². The van der Waals surface area contributed by atoms with Gasteiger partial charge < -0.3 is 30.2 Å². The Labute approximate surface area is 185 Å². The number of aliphatic hydroxyl groups is 1. The van der Waals surface area contributed by atoms with Crippen molar-refractivity contribution in [3.8, 4) is 5.75 Å². The zero-order valence-electron chi connectivity index (χ0n) is 19.0. The summed E-state index contributed by atoms with van der Waals surface area (Å²) < 4.78 is 5.93. The van der Waals surface area contributed by atoms with Crippen molar-refractivity contribution in [1.82, 2.24) is 15.5 Å². The van der Waals surface area contributed by atoms with Crippen molar-refractivity contribution in [2.75, 3.05) is 26.7 Å². The molecule has 1 rings (SSSR count). The third-order valence-corrected chi connectivity index (χ3v) is 5.45. The van der Waals surface area contributed by atoms with Crippen LogP contribution in [0.15, 0.2) is 24.3 Å². The maximum atomic E-state index is 13.0. The SMILES string of the molecule is CCC(C)C(NCCOc1ccccc1CCCNC=O)C(=O)N(C)C(C=O)C(C)O. The molecule has 1 aromatic carbocycles. The minimum Gasteiger partial charge on any atom is -0.492 e. The summed E-state index contributed by atoms with van der Waals surface area (Å²) in [6, 6.07) is 6.41. The molecule has 2 amide bonds. The maximum Gasteiger partial charge on any atom is 0.240 e. The first kappa shape index (κ1) is 26.6. The molecule has 0 saturated heterocycles. The average Bonchev–Trinajstić information content (AvgIpc) is 2.76. The summed E-state index contributed by atoms with van der Waals surface area (Å²) in [5, 5.41) is 15.7. The Morgan fingerprint density at radius 1 is 1.23 bits per heavy atom. The van der Waals surface area contributed by atoms with E-state index in [2.05, 4.69) is 10.6 Å². The molecule has 0 heterocycles. The van der Waals surface area contributed by atoms with Crippen LogP contribution in [0.5, 0.6) is 5.75 Å². The molecule has 8 heteroatoms. The Hall–Kier alpha value is -2.45. The number of aliphatic hydroxyl groups excluding tert-OH is 1. The molecule has 0 bridgehead atoms. The topological polar surface area (TPSA) is 108 Å². The molecule has 4 unspecified atom stereocenters. The van der Waals surface area contributed by atoms with E-state index >= 15 is 0 Å². The molecule has 0 fully saturated rings. The van der Waals surface area contributed by atoms with Gasteiger partial charge in [-0.05, 0) is 37.3 Å². The highest BCUT2D eigenvalue weighted by molar-refractivity contribution is 5.84. The third-order valence-electron chi connectivity index (χ3n) is 5.45. The molecular formula is C23H37N3O5. The molecule has 0 aromatic heterocycles. The summed E-state index contributed by atoms with van der Waals surface area (Å²) in [6.45, 7) is 6.92. The quantitative estimate of drug-likeness (QED) is 0.266. The van der Waals surface area contributed by atoms with Crippen LogP contribution in [0.25, 0.3) is 0 Å². The van der Waals surface area contributed by atoms with E-state index in [1.54, 1.807) is 0 Å². The Morgan fingerprint density at radius 2 is 1.94 bits per heavy atom. The molecule has 0 aliphatic heterocycles. The molecule has 3 N–H and O–H groups in total. The van der Waals surface area contributed by atoms with E-state index in [9.17, 15) is 19.5 Å². The first-order valence-electron chi connectivity index (χ1n) is 10.9. The normalized spacial score (nSPS) is 14.7. The van der Waals surface area contributed by atoms with Gasteiger partial charge in [0, 0.05) is 20.1 Å². The van der Waals surface area contributed by atoms with Crippen molar-refractivity contribution in [1.29, 1.82) is 0 Å². The highest BCUT2D eigenvalue weighted by atomic mass is 16.5. The van der Waals surface area contributed by atoms with Gasteiger partial charge >= 0.3 is 0 Å². The Bertz CT molecular complexity index is 683. The number of aryl methyl sites for hydroxylation is 1. The zero-order valence-corrected chi connectivity index (χ0v) is 19.0. The summed E-state index contributed by atoms with van der Waals surface area (Å²) in [5.41, 5.74) is 1.07. The largest absolute Gasteiger partial charge is 0.492 e. The fourth-order valence-corrected chi connectivity index (χ4v) is 3.33. The lowest BCUT2D eigenvalue weighted by Crippen LogP contribution is -2.54. The molecule has 174 valence electrons. The van der Waals surface area contributed by atoms with Crippen LogP contribution in [0.2, 0.25) is 0 Å². The van der Waals surface area contributed by atoms with Gasteiger partial charge in [0.15, 0.2) is 0 Å². The standard InChI is InChI=1S/C23H37N3O5/c1-5-17(2)22(23(30)26(4)20(15-27)18(3)29)25-13-14-31-21-11-7-6-9-19(21)10-8-12-24-16-28/h6-7,9,11,15-18,20,22,25,29H,5,8,10,12-14H2,1-4H3,(H,24,28). The van der Waals surface area contributed by atoms with Crippen molar-refractivity contribution in [3.63, 3.8) is 0 Å². The van der Waals surface area contributed by atoms with Gasteiger partial charge in [0.1, 0.15) is 24.7 Å². The number of para-hydroxylation sites is 1. The minimum absolute atomic E-state index is 0.0499. The van der Waals surface area contributed by atoms with Crippen molar-refractivity contribution < 1.29 is 24.2 Å². The molecule has 0 spiro atoms. The van der Waals surface area contributed by atoms with Gasteiger partial charge in [0.05, 0.1) is 12.1 Å². The molecule has 31 heavy (non-hydrogen) atoms. The fraction of sp³-hybridized carbons (Fsp3) is 0.609. The van der Waals surface area contributed by atoms with E-state index in [1.165, 1.54) is 18.9 Å². The molecule has 4 atom stereocenters. The number of nitrogens with one attached hydrogen (secondary N) is 2. The second-order valence-electron chi connectivity index (χ2n) is 7.77. The second-order valence-corrected chi connectivity index (χ2v) is 7.77.